The van der Waals surface area contributed by atoms with Gasteiger partial charge in [-0.1, -0.05) is 13.8 Å². The molecule has 0 aromatic carbocycles. The second kappa shape index (κ2) is 6.74. The molecule has 0 bridgehead atoms. The minimum Gasteiger partial charge on any atom is -0.393 e. The first-order valence-electron chi connectivity index (χ1n) is 11.3. The topological polar surface area (TPSA) is 49.7 Å². The maximum atomic E-state index is 10.6. The van der Waals surface area contributed by atoms with Crippen molar-refractivity contribution in [2.75, 3.05) is 6.61 Å². The molecule has 0 aromatic rings. The SMILES string of the molecule is CCO[C@H]1C[C@@]2(C)[C@@H](CC[C@@H]3[C@@H]2CC[C@]2(C)[C@@H]([C@H](C)O)CC[C@@H]32)C[C@@H]1O. The first kappa shape index (κ1) is 19.2. The van der Waals surface area contributed by atoms with Gasteiger partial charge in [0.1, 0.15) is 0 Å². The van der Waals surface area contributed by atoms with Crippen LogP contribution in [-0.2, 0) is 4.74 Å². The average Bonchev–Trinajstić information content (AvgIpc) is 2.94. The quantitative estimate of drug-likeness (QED) is 0.780. The van der Waals surface area contributed by atoms with E-state index in [4.69, 9.17) is 4.74 Å². The molecule has 4 rings (SSSR count). The fourth-order valence-corrected chi connectivity index (χ4v) is 8.47. The zero-order valence-electron chi connectivity index (χ0n) is 17.3. The van der Waals surface area contributed by atoms with Gasteiger partial charge in [0.05, 0.1) is 18.3 Å². The Morgan fingerprint density at radius 1 is 1.04 bits per heavy atom. The van der Waals surface area contributed by atoms with Crippen molar-refractivity contribution >= 4 is 0 Å². The smallest absolute Gasteiger partial charge is 0.0839 e. The van der Waals surface area contributed by atoms with Crippen LogP contribution in [0.15, 0.2) is 0 Å². The first-order chi connectivity index (χ1) is 12.3. The fraction of sp³-hybridized carbons (Fsp3) is 1.00. The predicted molar refractivity (Wildman–Crippen MR) is 104 cm³/mol. The van der Waals surface area contributed by atoms with Crippen LogP contribution in [0.25, 0.3) is 0 Å². The molecule has 0 heterocycles. The van der Waals surface area contributed by atoms with Gasteiger partial charge >= 0.3 is 0 Å². The summed E-state index contributed by atoms with van der Waals surface area (Å²) in [5.74, 6) is 3.53. The van der Waals surface area contributed by atoms with E-state index in [2.05, 4.69) is 13.8 Å². The molecule has 0 radical (unpaired) electrons. The van der Waals surface area contributed by atoms with E-state index in [-0.39, 0.29) is 18.3 Å². The van der Waals surface area contributed by atoms with Gasteiger partial charge in [0.15, 0.2) is 0 Å². The van der Waals surface area contributed by atoms with Crippen molar-refractivity contribution in [3.05, 3.63) is 0 Å². The van der Waals surface area contributed by atoms with Crippen molar-refractivity contribution in [2.24, 2.45) is 40.4 Å². The van der Waals surface area contributed by atoms with E-state index in [0.717, 1.165) is 30.6 Å². The number of ether oxygens (including phenoxy) is 1. The Morgan fingerprint density at radius 2 is 1.77 bits per heavy atom. The van der Waals surface area contributed by atoms with E-state index in [0.29, 0.717) is 29.3 Å². The molecule has 2 N–H and O–H groups in total. The van der Waals surface area contributed by atoms with Gasteiger partial charge in [-0.15, -0.1) is 0 Å². The van der Waals surface area contributed by atoms with Gasteiger partial charge in [0.25, 0.3) is 0 Å². The minimum atomic E-state index is -0.274. The Balaban J connectivity index is 1.59. The maximum absolute atomic E-state index is 10.6. The Bertz CT molecular complexity index is 520. The summed E-state index contributed by atoms with van der Waals surface area (Å²) in [4.78, 5) is 0. The van der Waals surface area contributed by atoms with Gasteiger partial charge in [-0.2, -0.15) is 0 Å². The lowest BCUT2D eigenvalue weighted by Crippen LogP contribution is -2.57. The van der Waals surface area contributed by atoms with E-state index in [9.17, 15) is 10.2 Å². The summed E-state index contributed by atoms with van der Waals surface area (Å²) in [5.41, 5.74) is 0.665. The minimum absolute atomic E-state index is 0.0297. The average molecular weight is 365 g/mol. The third-order valence-electron chi connectivity index (χ3n) is 9.70. The highest BCUT2D eigenvalue weighted by Crippen LogP contribution is 2.67. The molecule has 0 aromatic heterocycles. The van der Waals surface area contributed by atoms with Crippen molar-refractivity contribution in [1.82, 2.24) is 0 Å². The summed E-state index contributed by atoms with van der Waals surface area (Å²) >= 11 is 0. The molecule has 0 unspecified atom stereocenters. The number of rotatable bonds is 3. The highest BCUT2D eigenvalue weighted by Gasteiger charge is 2.61. The third-order valence-corrected chi connectivity index (χ3v) is 9.70. The van der Waals surface area contributed by atoms with Crippen LogP contribution in [0.2, 0.25) is 0 Å². The molecule has 4 saturated carbocycles. The summed E-state index contributed by atoms with van der Waals surface area (Å²) in [6.07, 6.45) is 9.28. The molecule has 4 aliphatic rings. The normalized spacial score (nSPS) is 54.9. The number of aliphatic hydroxyl groups is 2. The van der Waals surface area contributed by atoms with Crippen molar-refractivity contribution in [3.8, 4) is 0 Å². The van der Waals surface area contributed by atoms with Crippen LogP contribution < -0.4 is 0 Å². The second-order valence-electron chi connectivity index (χ2n) is 10.6. The van der Waals surface area contributed by atoms with Crippen LogP contribution in [0.5, 0.6) is 0 Å². The van der Waals surface area contributed by atoms with Gasteiger partial charge in [-0.3, -0.25) is 0 Å². The maximum Gasteiger partial charge on any atom is 0.0839 e. The standard InChI is InChI=1S/C23H40O3/c1-5-26-21-13-23(4)15(12-20(21)25)6-7-16-18-9-8-17(14(2)24)22(18,3)11-10-19(16)23/h14-21,24-25H,5-13H2,1-4H3/t14-,15-,16-,17+,18-,19-,20-,21-,22+,23-/m0/s1. The molecular formula is C23H40O3. The zero-order chi connectivity index (χ0) is 18.7. The van der Waals surface area contributed by atoms with Crippen molar-refractivity contribution in [1.29, 1.82) is 0 Å². The highest BCUT2D eigenvalue weighted by atomic mass is 16.5. The Labute approximate surface area is 159 Å². The van der Waals surface area contributed by atoms with E-state index in [1.165, 1.54) is 38.5 Å². The van der Waals surface area contributed by atoms with Crippen LogP contribution >= 0.6 is 0 Å². The van der Waals surface area contributed by atoms with Gasteiger partial charge in [-0.05, 0) is 106 Å². The Hall–Kier alpha value is -0.120. The number of fused-ring (bicyclic) bond motifs is 5. The second-order valence-corrected chi connectivity index (χ2v) is 10.6. The summed E-state index contributed by atoms with van der Waals surface area (Å²) in [6.45, 7) is 9.77. The number of aliphatic hydroxyl groups excluding tert-OH is 2. The molecule has 4 fully saturated rings. The van der Waals surface area contributed by atoms with E-state index in [1.54, 1.807) is 0 Å². The predicted octanol–water partition coefficient (Wildman–Crippen LogP) is 4.40. The number of hydrogen-bond acceptors (Lipinski definition) is 3. The molecule has 0 saturated heterocycles. The zero-order valence-corrected chi connectivity index (χ0v) is 17.3. The molecular weight excluding hydrogens is 324 g/mol. The largest absolute Gasteiger partial charge is 0.393 e. The van der Waals surface area contributed by atoms with Crippen LogP contribution in [0.4, 0.5) is 0 Å². The third kappa shape index (κ3) is 2.71. The van der Waals surface area contributed by atoms with Crippen LogP contribution in [0.3, 0.4) is 0 Å². The van der Waals surface area contributed by atoms with E-state index >= 15 is 0 Å². The van der Waals surface area contributed by atoms with Crippen LogP contribution in [-0.4, -0.2) is 35.1 Å². The molecule has 0 aliphatic heterocycles. The molecule has 3 nitrogen and oxygen atoms in total. The Kier molecular flexibility index (Phi) is 4.98. The molecule has 26 heavy (non-hydrogen) atoms. The van der Waals surface area contributed by atoms with Crippen LogP contribution in [0.1, 0.15) is 79.1 Å². The monoisotopic (exact) mass is 364 g/mol. The Morgan fingerprint density at radius 3 is 2.46 bits per heavy atom. The molecule has 150 valence electrons. The van der Waals surface area contributed by atoms with Crippen molar-refractivity contribution in [2.45, 2.75) is 97.4 Å². The summed E-state index contributed by atoms with van der Waals surface area (Å²) in [6, 6.07) is 0. The summed E-state index contributed by atoms with van der Waals surface area (Å²) in [5, 5.41) is 21.0. The lowest BCUT2D eigenvalue weighted by Gasteiger charge is -2.62. The van der Waals surface area contributed by atoms with Crippen molar-refractivity contribution < 1.29 is 14.9 Å². The van der Waals surface area contributed by atoms with Gasteiger partial charge in [0.2, 0.25) is 0 Å². The summed E-state index contributed by atoms with van der Waals surface area (Å²) in [7, 11) is 0. The molecule has 0 spiro atoms. The highest BCUT2D eigenvalue weighted by molar-refractivity contribution is 5.10. The van der Waals surface area contributed by atoms with Crippen molar-refractivity contribution in [3.63, 3.8) is 0 Å². The van der Waals surface area contributed by atoms with Gasteiger partial charge in [-0.25, -0.2) is 0 Å². The molecule has 3 heteroatoms. The van der Waals surface area contributed by atoms with Crippen LogP contribution in [0, 0.1) is 40.4 Å². The van der Waals surface area contributed by atoms with E-state index < -0.39 is 0 Å². The van der Waals surface area contributed by atoms with Gasteiger partial charge in [0, 0.05) is 6.61 Å². The van der Waals surface area contributed by atoms with Gasteiger partial charge < -0.3 is 14.9 Å². The lowest BCUT2D eigenvalue weighted by atomic mass is 9.44. The lowest BCUT2D eigenvalue weighted by molar-refractivity contribution is -0.173. The number of hydrogen-bond donors (Lipinski definition) is 2. The first-order valence-corrected chi connectivity index (χ1v) is 11.3. The van der Waals surface area contributed by atoms with E-state index in [1.807, 2.05) is 13.8 Å². The summed E-state index contributed by atoms with van der Waals surface area (Å²) < 4.78 is 5.96. The molecule has 0 amide bonds. The molecule has 4 aliphatic carbocycles. The fourth-order valence-electron chi connectivity index (χ4n) is 8.47. The molecule has 10 atom stereocenters.